The van der Waals surface area contributed by atoms with Crippen LogP contribution in [0.5, 0.6) is 0 Å². The van der Waals surface area contributed by atoms with Crippen LogP contribution in [0.3, 0.4) is 0 Å². The topological polar surface area (TPSA) is 97.2 Å². The Labute approximate surface area is 158 Å². The zero-order chi connectivity index (χ0) is 19.6. The van der Waals surface area contributed by atoms with Gasteiger partial charge in [-0.15, -0.1) is 0 Å². The molecule has 0 saturated carbocycles. The number of nitrogens with zero attached hydrogens (tertiary/aromatic N) is 5. The molecule has 0 aliphatic carbocycles. The molecule has 1 aliphatic rings. The maximum absolute atomic E-state index is 12.7. The molecule has 0 aromatic carbocycles. The van der Waals surface area contributed by atoms with E-state index < -0.39 is 0 Å². The Bertz CT molecular complexity index is 809. The van der Waals surface area contributed by atoms with Gasteiger partial charge < -0.3 is 14.0 Å². The highest BCUT2D eigenvalue weighted by Crippen LogP contribution is 2.32. The second kappa shape index (κ2) is 8.35. The van der Waals surface area contributed by atoms with E-state index in [9.17, 15) is 4.79 Å². The molecule has 0 radical (unpaired) electrons. The number of aromatic nitrogens is 5. The molecule has 0 spiro atoms. The van der Waals surface area contributed by atoms with Crippen LogP contribution in [0.1, 0.15) is 70.8 Å². The molecule has 2 aromatic rings. The van der Waals surface area contributed by atoms with E-state index in [1.807, 2.05) is 13.8 Å². The van der Waals surface area contributed by atoms with E-state index in [1.165, 1.54) is 4.68 Å². The third kappa shape index (κ3) is 4.30. The summed E-state index contributed by atoms with van der Waals surface area (Å²) >= 11 is 0. The van der Waals surface area contributed by atoms with Crippen LogP contribution in [0, 0.1) is 11.8 Å². The van der Waals surface area contributed by atoms with E-state index in [4.69, 9.17) is 14.0 Å². The van der Waals surface area contributed by atoms with Crippen LogP contribution in [0.15, 0.2) is 9.32 Å². The number of ether oxygens (including phenoxy) is 2. The molecule has 0 bridgehead atoms. The molecule has 1 aliphatic heterocycles. The highest BCUT2D eigenvalue weighted by atomic mass is 16.5. The first-order chi connectivity index (χ1) is 12.9. The molecule has 3 heterocycles. The van der Waals surface area contributed by atoms with E-state index in [1.54, 1.807) is 4.57 Å². The fourth-order valence-electron chi connectivity index (χ4n) is 3.13. The molecule has 0 unspecified atom stereocenters. The summed E-state index contributed by atoms with van der Waals surface area (Å²) in [7, 11) is 0. The number of rotatable bonds is 8. The van der Waals surface area contributed by atoms with Crippen LogP contribution in [-0.2, 0) is 22.6 Å². The van der Waals surface area contributed by atoms with Crippen molar-refractivity contribution in [3.63, 3.8) is 0 Å². The van der Waals surface area contributed by atoms with Crippen LogP contribution >= 0.6 is 0 Å². The third-order valence-corrected chi connectivity index (χ3v) is 4.72. The number of hydrogen-bond acceptors (Lipinski definition) is 7. The Hall–Kier alpha value is -2.00. The second-order valence-corrected chi connectivity index (χ2v) is 7.52. The van der Waals surface area contributed by atoms with Crippen molar-refractivity contribution in [1.29, 1.82) is 0 Å². The lowest BCUT2D eigenvalue weighted by Gasteiger charge is -2.13. The van der Waals surface area contributed by atoms with Gasteiger partial charge in [0.05, 0.1) is 0 Å². The molecule has 2 aromatic heterocycles. The van der Waals surface area contributed by atoms with Crippen molar-refractivity contribution >= 4 is 0 Å². The van der Waals surface area contributed by atoms with Crippen molar-refractivity contribution in [1.82, 2.24) is 24.5 Å². The van der Waals surface area contributed by atoms with Crippen molar-refractivity contribution in [3.8, 4) is 0 Å². The lowest BCUT2D eigenvalue weighted by atomic mass is 10.0. The van der Waals surface area contributed by atoms with Gasteiger partial charge in [-0.05, 0) is 32.1 Å². The van der Waals surface area contributed by atoms with Crippen molar-refractivity contribution in [2.45, 2.75) is 66.3 Å². The monoisotopic (exact) mass is 379 g/mol. The molecule has 3 atom stereocenters. The quantitative estimate of drug-likeness (QED) is 0.694. The zero-order valence-electron chi connectivity index (χ0n) is 16.7. The average Bonchev–Trinajstić information content (AvgIpc) is 3.33. The minimum atomic E-state index is -0.266. The second-order valence-electron chi connectivity index (χ2n) is 7.52. The zero-order valence-corrected chi connectivity index (χ0v) is 16.7. The van der Waals surface area contributed by atoms with E-state index in [2.05, 4.69) is 36.0 Å². The predicted octanol–water partition coefficient (Wildman–Crippen LogP) is 2.33. The first-order valence-corrected chi connectivity index (χ1v) is 9.63. The van der Waals surface area contributed by atoms with Crippen molar-refractivity contribution < 1.29 is 14.0 Å². The summed E-state index contributed by atoms with van der Waals surface area (Å²) in [6, 6.07) is 0. The lowest BCUT2D eigenvalue weighted by Crippen LogP contribution is -2.26. The van der Waals surface area contributed by atoms with Gasteiger partial charge in [0.15, 0.2) is 11.6 Å². The minimum Gasteiger partial charge on any atom is -0.370 e. The average molecular weight is 379 g/mol. The standard InChI is InChI=1S/C18H29N5O4/c1-6-22-17(15-12(4)7-8-25-15)20-23(18(22)24)9-14-19-16(21-27-14)13(5)26-10-11(2)3/h11-13,15H,6-10H2,1-5H3/t12-,13-,15+/m1/s1. The maximum Gasteiger partial charge on any atom is 0.346 e. The Morgan fingerprint density at radius 2 is 2.11 bits per heavy atom. The molecular formula is C18H29N5O4. The Balaban J connectivity index is 1.76. The van der Waals surface area contributed by atoms with E-state index in [0.717, 1.165) is 6.42 Å². The molecular weight excluding hydrogens is 350 g/mol. The maximum atomic E-state index is 12.7. The Morgan fingerprint density at radius 1 is 1.33 bits per heavy atom. The van der Waals surface area contributed by atoms with E-state index in [0.29, 0.717) is 49.1 Å². The summed E-state index contributed by atoms with van der Waals surface area (Å²) in [5.41, 5.74) is -0.195. The molecule has 1 fully saturated rings. The van der Waals surface area contributed by atoms with Crippen molar-refractivity contribution in [3.05, 3.63) is 28.0 Å². The van der Waals surface area contributed by atoms with Gasteiger partial charge in [-0.25, -0.2) is 9.48 Å². The molecule has 0 amide bonds. The Kier molecular flexibility index (Phi) is 6.11. The van der Waals surface area contributed by atoms with Gasteiger partial charge in [0, 0.05) is 19.8 Å². The summed E-state index contributed by atoms with van der Waals surface area (Å²) in [6.45, 7) is 12.1. The summed E-state index contributed by atoms with van der Waals surface area (Å²) in [4.78, 5) is 17.1. The first-order valence-electron chi connectivity index (χ1n) is 9.63. The van der Waals surface area contributed by atoms with Crippen LogP contribution in [-0.4, -0.2) is 37.7 Å². The third-order valence-electron chi connectivity index (χ3n) is 4.72. The highest BCUT2D eigenvalue weighted by Gasteiger charge is 2.31. The summed E-state index contributed by atoms with van der Waals surface area (Å²) < 4.78 is 19.8. The van der Waals surface area contributed by atoms with Gasteiger partial charge in [0.1, 0.15) is 18.8 Å². The first kappa shape index (κ1) is 19.8. The molecule has 3 rings (SSSR count). The van der Waals surface area contributed by atoms with Gasteiger partial charge >= 0.3 is 5.69 Å². The van der Waals surface area contributed by atoms with Crippen LogP contribution < -0.4 is 5.69 Å². The lowest BCUT2D eigenvalue weighted by molar-refractivity contribution is 0.0402. The molecule has 9 heteroatoms. The predicted molar refractivity (Wildman–Crippen MR) is 97.2 cm³/mol. The summed E-state index contributed by atoms with van der Waals surface area (Å²) in [5.74, 6) is 2.23. The molecule has 9 nitrogen and oxygen atoms in total. The van der Waals surface area contributed by atoms with E-state index >= 15 is 0 Å². The van der Waals surface area contributed by atoms with Gasteiger partial charge in [-0.2, -0.15) is 10.1 Å². The van der Waals surface area contributed by atoms with Crippen LogP contribution in [0.4, 0.5) is 0 Å². The van der Waals surface area contributed by atoms with Crippen LogP contribution in [0.2, 0.25) is 0 Å². The fourth-order valence-corrected chi connectivity index (χ4v) is 3.13. The summed E-state index contributed by atoms with van der Waals surface area (Å²) in [6.07, 6.45) is 0.552. The van der Waals surface area contributed by atoms with E-state index in [-0.39, 0.29) is 24.4 Å². The SMILES string of the molecule is CCn1c([C@H]2OCC[C@H]2C)nn(Cc2nc([C@@H](C)OCC(C)C)no2)c1=O. The number of hydrogen-bond donors (Lipinski definition) is 0. The normalized spacial score (nSPS) is 21.3. The van der Waals surface area contributed by atoms with Crippen molar-refractivity contribution in [2.75, 3.05) is 13.2 Å². The fraction of sp³-hybridized carbons (Fsp3) is 0.778. The summed E-state index contributed by atoms with van der Waals surface area (Å²) in [5, 5.41) is 8.48. The van der Waals surface area contributed by atoms with Crippen molar-refractivity contribution in [2.24, 2.45) is 11.8 Å². The molecule has 0 N–H and O–H groups in total. The van der Waals surface area contributed by atoms with Gasteiger partial charge in [0.25, 0.3) is 0 Å². The van der Waals surface area contributed by atoms with Gasteiger partial charge in [-0.1, -0.05) is 25.9 Å². The molecule has 1 saturated heterocycles. The largest absolute Gasteiger partial charge is 0.370 e. The Morgan fingerprint density at radius 3 is 2.74 bits per heavy atom. The van der Waals surface area contributed by atoms with Gasteiger partial charge in [-0.3, -0.25) is 4.57 Å². The van der Waals surface area contributed by atoms with Gasteiger partial charge in [0.2, 0.25) is 5.89 Å². The molecule has 150 valence electrons. The smallest absolute Gasteiger partial charge is 0.346 e. The van der Waals surface area contributed by atoms with Crippen LogP contribution in [0.25, 0.3) is 0 Å². The molecule has 27 heavy (non-hydrogen) atoms. The highest BCUT2D eigenvalue weighted by molar-refractivity contribution is 4.99. The minimum absolute atomic E-state index is 0.129.